The molecule has 2 aromatic rings. The lowest BCUT2D eigenvalue weighted by molar-refractivity contribution is 0.181. The van der Waals surface area contributed by atoms with Gasteiger partial charge in [0, 0.05) is 16.1 Å². The second-order valence-electron chi connectivity index (χ2n) is 6.89. The summed E-state index contributed by atoms with van der Waals surface area (Å²) in [7, 11) is 0. The van der Waals surface area contributed by atoms with E-state index in [4.69, 9.17) is 16.3 Å². The molecule has 25 heavy (non-hydrogen) atoms. The van der Waals surface area contributed by atoms with E-state index < -0.39 is 0 Å². The fourth-order valence-corrected chi connectivity index (χ4v) is 3.46. The first-order chi connectivity index (χ1) is 12.2. The molecule has 2 heteroatoms. The summed E-state index contributed by atoms with van der Waals surface area (Å²) in [5.41, 5.74) is 1.96. The summed E-state index contributed by atoms with van der Waals surface area (Å²) in [4.78, 5) is 0. The van der Waals surface area contributed by atoms with Gasteiger partial charge in [-0.3, -0.25) is 0 Å². The van der Waals surface area contributed by atoms with Gasteiger partial charge in [0.05, 0.1) is 6.61 Å². The summed E-state index contributed by atoms with van der Waals surface area (Å²) >= 11 is 5.88. The number of ether oxygens (including phenoxy) is 1. The predicted molar refractivity (Wildman–Crippen MR) is 105 cm³/mol. The number of rotatable bonds is 4. The highest BCUT2D eigenvalue weighted by atomic mass is 35.5. The number of halogens is 1. The standard InChI is InChI=1S/C23H25ClO/c1-2-18-3-7-21(8-4-18)17-25-23-15-11-20(12-16-23)6-5-19-9-13-22(24)14-10-19/h9-16,18,21H,2-4,7-8,17H2,1H3. The summed E-state index contributed by atoms with van der Waals surface area (Å²) in [6, 6.07) is 15.7. The zero-order valence-electron chi connectivity index (χ0n) is 14.8. The van der Waals surface area contributed by atoms with Crippen LogP contribution in [0.3, 0.4) is 0 Å². The molecule has 0 unspecified atom stereocenters. The van der Waals surface area contributed by atoms with Gasteiger partial charge in [-0.05, 0) is 73.2 Å². The minimum atomic E-state index is 0.715. The smallest absolute Gasteiger partial charge is 0.119 e. The molecule has 0 saturated heterocycles. The molecule has 1 fully saturated rings. The summed E-state index contributed by atoms with van der Waals surface area (Å²) in [5, 5.41) is 0.732. The molecule has 1 aliphatic rings. The second kappa shape index (κ2) is 8.97. The fraction of sp³-hybridized carbons (Fsp3) is 0.391. The Morgan fingerprint density at radius 3 is 1.92 bits per heavy atom. The lowest BCUT2D eigenvalue weighted by Crippen LogP contribution is -2.19. The molecule has 0 radical (unpaired) electrons. The van der Waals surface area contributed by atoms with E-state index in [9.17, 15) is 0 Å². The highest BCUT2D eigenvalue weighted by molar-refractivity contribution is 6.30. The van der Waals surface area contributed by atoms with Crippen molar-refractivity contribution in [1.82, 2.24) is 0 Å². The van der Waals surface area contributed by atoms with Gasteiger partial charge in [0.2, 0.25) is 0 Å². The van der Waals surface area contributed by atoms with E-state index in [1.807, 2.05) is 48.5 Å². The van der Waals surface area contributed by atoms with Gasteiger partial charge in [0.15, 0.2) is 0 Å². The van der Waals surface area contributed by atoms with E-state index in [0.29, 0.717) is 5.92 Å². The van der Waals surface area contributed by atoms with Crippen LogP contribution in [0.5, 0.6) is 5.75 Å². The summed E-state index contributed by atoms with van der Waals surface area (Å²) in [5.74, 6) is 8.92. The number of hydrogen-bond donors (Lipinski definition) is 0. The van der Waals surface area contributed by atoms with E-state index in [1.54, 1.807) is 0 Å². The summed E-state index contributed by atoms with van der Waals surface area (Å²) in [6.07, 6.45) is 6.67. The molecule has 0 atom stereocenters. The first-order valence-electron chi connectivity index (χ1n) is 9.23. The van der Waals surface area contributed by atoms with Gasteiger partial charge in [0.1, 0.15) is 5.75 Å². The van der Waals surface area contributed by atoms with Gasteiger partial charge >= 0.3 is 0 Å². The summed E-state index contributed by atoms with van der Waals surface area (Å²) in [6.45, 7) is 3.14. The van der Waals surface area contributed by atoms with Crippen LogP contribution < -0.4 is 4.74 Å². The Hall–Kier alpha value is -1.91. The van der Waals surface area contributed by atoms with Crippen LogP contribution in [0.1, 0.15) is 50.2 Å². The van der Waals surface area contributed by atoms with Crippen LogP contribution in [0, 0.1) is 23.7 Å². The Bertz CT molecular complexity index is 713. The molecule has 0 bridgehead atoms. The third kappa shape index (κ3) is 5.55. The maximum absolute atomic E-state index is 5.98. The average Bonchev–Trinajstić information content (AvgIpc) is 2.67. The van der Waals surface area contributed by atoms with Crippen LogP contribution in [-0.4, -0.2) is 6.61 Å². The normalized spacial score (nSPS) is 19.8. The predicted octanol–water partition coefficient (Wildman–Crippen LogP) is 6.34. The van der Waals surface area contributed by atoms with Crippen molar-refractivity contribution in [1.29, 1.82) is 0 Å². The first-order valence-corrected chi connectivity index (χ1v) is 9.61. The molecule has 2 aromatic carbocycles. The molecular formula is C23H25ClO. The van der Waals surface area contributed by atoms with E-state index >= 15 is 0 Å². The maximum Gasteiger partial charge on any atom is 0.119 e. The fourth-order valence-electron chi connectivity index (χ4n) is 3.33. The number of hydrogen-bond acceptors (Lipinski definition) is 1. The average molecular weight is 353 g/mol. The van der Waals surface area contributed by atoms with Crippen molar-refractivity contribution in [2.24, 2.45) is 11.8 Å². The topological polar surface area (TPSA) is 9.23 Å². The lowest BCUT2D eigenvalue weighted by atomic mass is 9.81. The molecule has 1 saturated carbocycles. The Labute approximate surface area is 156 Å². The van der Waals surface area contributed by atoms with Crippen molar-refractivity contribution in [3.8, 4) is 17.6 Å². The molecule has 130 valence electrons. The Kier molecular flexibility index (Phi) is 6.42. The number of benzene rings is 2. The van der Waals surface area contributed by atoms with Gasteiger partial charge in [-0.25, -0.2) is 0 Å². The van der Waals surface area contributed by atoms with E-state index in [2.05, 4.69) is 18.8 Å². The molecule has 0 N–H and O–H groups in total. The SMILES string of the molecule is CCC1CCC(COc2ccc(C#Cc3ccc(Cl)cc3)cc2)CC1. The monoisotopic (exact) mass is 352 g/mol. The van der Waals surface area contributed by atoms with E-state index in [0.717, 1.165) is 34.4 Å². The molecule has 0 aliphatic heterocycles. The molecule has 0 aromatic heterocycles. The zero-order chi connectivity index (χ0) is 17.5. The molecule has 1 aliphatic carbocycles. The van der Waals surface area contributed by atoms with Crippen LogP contribution in [0.25, 0.3) is 0 Å². The van der Waals surface area contributed by atoms with Gasteiger partial charge in [-0.15, -0.1) is 0 Å². The quantitative estimate of drug-likeness (QED) is 0.584. The van der Waals surface area contributed by atoms with Crippen LogP contribution in [0.15, 0.2) is 48.5 Å². The highest BCUT2D eigenvalue weighted by Crippen LogP contribution is 2.31. The van der Waals surface area contributed by atoms with Gasteiger partial charge < -0.3 is 4.74 Å². The van der Waals surface area contributed by atoms with E-state index in [1.165, 1.54) is 32.1 Å². The van der Waals surface area contributed by atoms with Crippen molar-refractivity contribution in [3.05, 3.63) is 64.7 Å². The van der Waals surface area contributed by atoms with Gasteiger partial charge in [-0.1, -0.05) is 49.6 Å². The summed E-state index contributed by atoms with van der Waals surface area (Å²) < 4.78 is 5.98. The van der Waals surface area contributed by atoms with Crippen LogP contribution in [0.2, 0.25) is 5.02 Å². The minimum Gasteiger partial charge on any atom is -0.493 e. The van der Waals surface area contributed by atoms with Crippen molar-refractivity contribution in [3.63, 3.8) is 0 Å². The van der Waals surface area contributed by atoms with E-state index in [-0.39, 0.29) is 0 Å². The molecule has 0 heterocycles. The highest BCUT2D eigenvalue weighted by Gasteiger charge is 2.20. The van der Waals surface area contributed by atoms with Crippen LogP contribution >= 0.6 is 11.6 Å². The van der Waals surface area contributed by atoms with Crippen LogP contribution in [-0.2, 0) is 0 Å². The van der Waals surface area contributed by atoms with Crippen molar-refractivity contribution in [2.45, 2.75) is 39.0 Å². The minimum absolute atomic E-state index is 0.715. The maximum atomic E-state index is 5.98. The molecule has 0 amide bonds. The van der Waals surface area contributed by atoms with Gasteiger partial charge in [0.25, 0.3) is 0 Å². The Morgan fingerprint density at radius 1 is 0.840 bits per heavy atom. The molecule has 3 rings (SSSR count). The first kappa shape index (κ1) is 17.9. The molecule has 0 spiro atoms. The van der Waals surface area contributed by atoms with Crippen molar-refractivity contribution < 1.29 is 4.74 Å². The lowest BCUT2D eigenvalue weighted by Gasteiger charge is -2.27. The molecule has 1 nitrogen and oxygen atoms in total. The zero-order valence-corrected chi connectivity index (χ0v) is 15.6. The Balaban J connectivity index is 1.50. The third-order valence-corrected chi connectivity index (χ3v) is 5.33. The van der Waals surface area contributed by atoms with Crippen LogP contribution in [0.4, 0.5) is 0 Å². The third-order valence-electron chi connectivity index (χ3n) is 5.08. The second-order valence-corrected chi connectivity index (χ2v) is 7.32. The Morgan fingerprint density at radius 2 is 1.36 bits per heavy atom. The van der Waals surface area contributed by atoms with Crippen molar-refractivity contribution >= 4 is 11.6 Å². The molecular weight excluding hydrogens is 328 g/mol. The van der Waals surface area contributed by atoms with Gasteiger partial charge in [-0.2, -0.15) is 0 Å². The largest absolute Gasteiger partial charge is 0.493 e. The van der Waals surface area contributed by atoms with Crippen molar-refractivity contribution in [2.75, 3.05) is 6.61 Å².